The summed E-state index contributed by atoms with van der Waals surface area (Å²) < 4.78 is 13.0. The summed E-state index contributed by atoms with van der Waals surface area (Å²) in [5.41, 5.74) is 0.898. The third-order valence-corrected chi connectivity index (χ3v) is 1.54. The van der Waals surface area contributed by atoms with E-state index in [4.69, 9.17) is 6.11 Å². The van der Waals surface area contributed by atoms with Gasteiger partial charge in [-0.25, -0.2) is 0 Å². The Balaban J connectivity index is 2.98. The van der Waals surface area contributed by atoms with E-state index in [1.54, 1.807) is 7.11 Å². The Morgan fingerprint density at radius 2 is 2.08 bits per heavy atom. The highest BCUT2D eigenvalue weighted by Crippen LogP contribution is 2.17. The molecule has 12 heavy (non-hydrogen) atoms. The zero-order valence-corrected chi connectivity index (χ0v) is 7.74. The molecule has 1 aromatic carbocycles. The average Bonchev–Trinajstić information content (AvgIpc) is 2.16. The molecule has 0 aliphatic heterocycles. The van der Waals surface area contributed by atoms with Gasteiger partial charge in [0.2, 0.25) is 0 Å². The Morgan fingerprint density at radius 1 is 1.42 bits per heavy atom. The van der Waals surface area contributed by atoms with Crippen LogP contribution in [0.15, 0.2) is 24.3 Å². The van der Waals surface area contributed by atoms with E-state index in [1.165, 1.54) is 0 Å². The van der Waals surface area contributed by atoms with Crippen molar-refractivity contribution in [3.63, 3.8) is 0 Å². The Bertz CT molecular complexity index is 275. The molecule has 0 aliphatic carbocycles. The number of hydrogen-bond donors (Lipinski definition) is 0. The van der Waals surface area contributed by atoms with Gasteiger partial charge in [-0.1, -0.05) is 18.2 Å². The van der Waals surface area contributed by atoms with E-state index in [0.717, 1.165) is 11.3 Å². The zero-order chi connectivity index (χ0) is 9.84. The molecule has 1 rings (SSSR count). The smallest absolute Gasteiger partial charge is 0.123 e. The first kappa shape index (κ1) is 7.62. The predicted octanol–water partition coefficient (Wildman–Crippen LogP) is 1.76. The lowest BCUT2D eigenvalue weighted by Crippen LogP contribution is -2.11. The van der Waals surface area contributed by atoms with Crippen LogP contribution in [-0.4, -0.2) is 26.1 Å². The highest BCUT2D eigenvalue weighted by Gasteiger charge is 2.01. The van der Waals surface area contributed by atoms with Crippen molar-refractivity contribution in [1.82, 2.24) is 4.90 Å². The molecule has 0 amide bonds. The van der Waals surface area contributed by atoms with Crippen LogP contribution < -0.4 is 4.74 Å². The first-order chi connectivity index (χ1) is 6.16. The van der Waals surface area contributed by atoms with Crippen LogP contribution in [0.25, 0.3) is 0 Å². The van der Waals surface area contributed by atoms with Gasteiger partial charge in [0, 0.05) is 13.5 Å². The van der Waals surface area contributed by atoms with Crippen LogP contribution in [0, 0.1) is 0 Å². The molecule has 2 heteroatoms. The molecule has 0 N–H and O–H groups in total. The second-order valence-electron chi connectivity index (χ2n) is 2.83. The molecule has 0 radical (unpaired) electrons. The second-order valence-corrected chi connectivity index (χ2v) is 2.83. The van der Waals surface area contributed by atoms with E-state index in [-0.39, 0.29) is 6.52 Å². The fourth-order valence-corrected chi connectivity index (χ4v) is 1.05. The lowest BCUT2D eigenvalue weighted by Gasteiger charge is -2.12. The Kier molecular flexibility index (Phi) is 2.61. The molecule has 1 aromatic rings. The quantitative estimate of drug-likeness (QED) is 0.678. The van der Waals surface area contributed by atoms with Gasteiger partial charge in [-0.05, 0) is 20.2 Å². The molecule has 2 nitrogen and oxygen atoms in total. The molecule has 0 aromatic heterocycles. The summed E-state index contributed by atoms with van der Waals surface area (Å²) in [5, 5.41) is 0. The first-order valence-corrected chi connectivity index (χ1v) is 3.88. The molecule has 0 spiro atoms. The maximum Gasteiger partial charge on any atom is 0.123 e. The molecule has 0 aliphatic rings. The van der Waals surface area contributed by atoms with E-state index >= 15 is 0 Å². The molecule has 66 valence electrons. The summed E-state index contributed by atoms with van der Waals surface area (Å²) in [6.07, 6.45) is 0. The van der Waals surface area contributed by atoms with Crippen LogP contribution in [0.1, 0.15) is 6.93 Å². The van der Waals surface area contributed by atoms with Crippen LogP contribution in [-0.2, 0) is 6.52 Å². The van der Waals surface area contributed by atoms with E-state index in [0.29, 0.717) is 0 Å². The minimum Gasteiger partial charge on any atom is -0.496 e. The van der Waals surface area contributed by atoms with Gasteiger partial charge < -0.3 is 9.64 Å². The van der Waals surface area contributed by atoms with Crippen molar-refractivity contribution in [3.05, 3.63) is 29.8 Å². The van der Waals surface area contributed by atoms with Crippen molar-refractivity contribution in [2.24, 2.45) is 0 Å². The highest BCUT2D eigenvalue weighted by atomic mass is 16.5. The topological polar surface area (TPSA) is 12.5 Å². The van der Waals surface area contributed by atoms with Gasteiger partial charge in [-0.15, -0.1) is 0 Å². The molecule has 0 heterocycles. The number of para-hydroxylation sites is 1. The monoisotopic (exact) mass is 166 g/mol. The molecule has 0 saturated heterocycles. The number of rotatable bonds is 3. The minimum atomic E-state index is -0.365. The summed E-state index contributed by atoms with van der Waals surface area (Å²) in [7, 11) is 5.38. The average molecular weight is 166 g/mol. The Labute approximate surface area is 75.2 Å². The fraction of sp³-hybridized carbons (Fsp3) is 0.400. The molecule has 0 fully saturated rings. The Hall–Kier alpha value is -1.02. The molecule has 0 bridgehead atoms. The normalized spacial score (nSPS) is 14.2. The Morgan fingerprint density at radius 3 is 2.67 bits per heavy atom. The van der Waals surface area contributed by atoms with Crippen LogP contribution in [0.3, 0.4) is 0 Å². The molecule has 1 unspecified atom stereocenters. The van der Waals surface area contributed by atoms with Gasteiger partial charge in [0.05, 0.1) is 7.11 Å². The number of hydrogen-bond acceptors (Lipinski definition) is 2. The zero-order valence-electron chi connectivity index (χ0n) is 8.74. The van der Waals surface area contributed by atoms with E-state index in [9.17, 15) is 0 Å². The van der Waals surface area contributed by atoms with E-state index in [1.807, 2.05) is 43.3 Å². The summed E-state index contributed by atoms with van der Waals surface area (Å²) in [6.45, 7) is -0.365. The van der Waals surface area contributed by atoms with Crippen molar-refractivity contribution >= 4 is 0 Å². The first-order valence-electron chi connectivity index (χ1n) is 4.46. The van der Waals surface area contributed by atoms with Crippen LogP contribution in [0.2, 0.25) is 0 Å². The summed E-state index contributed by atoms with van der Waals surface area (Å²) in [6, 6.07) is 7.62. The van der Waals surface area contributed by atoms with Gasteiger partial charge in [0.25, 0.3) is 0 Å². The van der Waals surface area contributed by atoms with Gasteiger partial charge in [-0.3, -0.25) is 0 Å². The van der Waals surface area contributed by atoms with Gasteiger partial charge >= 0.3 is 0 Å². The molecule has 0 saturated carbocycles. The summed E-state index contributed by atoms with van der Waals surface area (Å²) >= 11 is 0. The summed E-state index contributed by atoms with van der Waals surface area (Å²) in [5.74, 6) is 0.774. The van der Waals surface area contributed by atoms with Crippen LogP contribution in [0.4, 0.5) is 0 Å². The standard InChI is InChI=1S/C10H15NO/c1-11(2)8-9-6-4-5-7-10(9)12-3/h4-7H,8H2,1-3H3/i8D. The van der Waals surface area contributed by atoms with Crippen LogP contribution in [0.5, 0.6) is 5.75 Å². The third kappa shape index (κ3) is 2.24. The number of nitrogens with zero attached hydrogens (tertiary/aromatic N) is 1. The lowest BCUT2D eigenvalue weighted by atomic mass is 10.2. The second kappa shape index (κ2) is 4.12. The van der Waals surface area contributed by atoms with Gasteiger partial charge in [-0.2, -0.15) is 0 Å². The number of ether oxygens (including phenoxy) is 1. The maximum atomic E-state index is 7.86. The van der Waals surface area contributed by atoms with Crippen molar-refractivity contribution in [3.8, 4) is 5.75 Å². The minimum absolute atomic E-state index is 0.365. The lowest BCUT2D eigenvalue weighted by molar-refractivity contribution is 0.372. The SMILES string of the molecule is [2H]C(c1ccccc1OC)N(C)C. The van der Waals surface area contributed by atoms with E-state index in [2.05, 4.69) is 0 Å². The number of methoxy groups -OCH3 is 1. The maximum absolute atomic E-state index is 7.86. The number of benzene rings is 1. The van der Waals surface area contributed by atoms with Crippen molar-refractivity contribution in [2.75, 3.05) is 21.2 Å². The largest absolute Gasteiger partial charge is 0.496 e. The molecule has 1 atom stereocenters. The van der Waals surface area contributed by atoms with Crippen molar-refractivity contribution in [1.29, 1.82) is 0 Å². The van der Waals surface area contributed by atoms with Crippen LogP contribution >= 0.6 is 0 Å². The van der Waals surface area contributed by atoms with Gasteiger partial charge in [0.15, 0.2) is 0 Å². The third-order valence-electron chi connectivity index (χ3n) is 1.54. The predicted molar refractivity (Wildman–Crippen MR) is 50.4 cm³/mol. The summed E-state index contributed by atoms with van der Waals surface area (Å²) in [4.78, 5) is 1.83. The van der Waals surface area contributed by atoms with Crippen molar-refractivity contribution in [2.45, 2.75) is 6.52 Å². The van der Waals surface area contributed by atoms with Crippen molar-refractivity contribution < 1.29 is 6.11 Å². The van der Waals surface area contributed by atoms with Gasteiger partial charge in [0.1, 0.15) is 5.75 Å². The highest BCUT2D eigenvalue weighted by molar-refractivity contribution is 5.32. The fourth-order valence-electron chi connectivity index (χ4n) is 1.05. The van der Waals surface area contributed by atoms with E-state index < -0.39 is 0 Å². The molecular formula is C10H15NO. The molecular weight excluding hydrogens is 150 g/mol.